The Bertz CT molecular complexity index is 732. The van der Waals surface area contributed by atoms with Gasteiger partial charge in [0, 0.05) is 44.1 Å². The second-order valence-electron chi connectivity index (χ2n) is 6.04. The van der Waals surface area contributed by atoms with E-state index in [9.17, 15) is 4.79 Å². The van der Waals surface area contributed by atoms with Crippen molar-refractivity contribution in [3.05, 3.63) is 41.9 Å². The first-order chi connectivity index (χ1) is 12.7. The maximum atomic E-state index is 11.8. The maximum absolute atomic E-state index is 11.8. The molecule has 1 fully saturated rings. The smallest absolute Gasteiger partial charge is 0.409 e. The summed E-state index contributed by atoms with van der Waals surface area (Å²) in [4.78, 5) is 29.1. The highest BCUT2D eigenvalue weighted by molar-refractivity contribution is 5.68. The van der Waals surface area contributed by atoms with Crippen molar-refractivity contribution in [2.24, 2.45) is 0 Å². The molecule has 1 amide bonds. The van der Waals surface area contributed by atoms with Crippen LogP contribution in [0.3, 0.4) is 0 Å². The van der Waals surface area contributed by atoms with Gasteiger partial charge in [0.1, 0.15) is 5.82 Å². The van der Waals surface area contributed by atoms with Crippen molar-refractivity contribution in [3.63, 3.8) is 0 Å². The van der Waals surface area contributed by atoms with Crippen molar-refractivity contribution >= 4 is 17.9 Å². The molecule has 0 saturated carbocycles. The third-order valence-corrected chi connectivity index (χ3v) is 4.11. The molecule has 26 heavy (non-hydrogen) atoms. The van der Waals surface area contributed by atoms with Gasteiger partial charge in [0.25, 0.3) is 0 Å². The number of anilines is 2. The lowest BCUT2D eigenvalue weighted by Crippen LogP contribution is -2.49. The lowest BCUT2D eigenvalue weighted by molar-refractivity contribution is 0.105. The summed E-state index contributed by atoms with van der Waals surface area (Å²) in [6, 6.07) is 7.74. The Morgan fingerprint density at radius 1 is 1.23 bits per heavy atom. The van der Waals surface area contributed by atoms with Crippen LogP contribution >= 0.6 is 0 Å². The Morgan fingerprint density at radius 2 is 2.04 bits per heavy atom. The molecule has 3 heterocycles. The van der Waals surface area contributed by atoms with Crippen molar-refractivity contribution in [2.75, 3.05) is 43.0 Å². The van der Waals surface area contributed by atoms with Crippen molar-refractivity contribution in [1.29, 1.82) is 0 Å². The summed E-state index contributed by atoms with van der Waals surface area (Å²) in [5.74, 6) is 1.45. The number of amides is 1. The van der Waals surface area contributed by atoms with E-state index in [2.05, 4.69) is 25.2 Å². The second-order valence-corrected chi connectivity index (χ2v) is 6.04. The molecule has 8 heteroatoms. The summed E-state index contributed by atoms with van der Waals surface area (Å²) in [5.41, 5.74) is 1.85. The number of ether oxygens (including phenoxy) is 1. The van der Waals surface area contributed by atoms with E-state index in [1.165, 1.54) is 0 Å². The fourth-order valence-corrected chi connectivity index (χ4v) is 2.77. The number of carbonyl (C=O) groups is 1. The monoisotopic (exact) mass is 356 g/mol. The molecule has 1 N–H and O–H groups in total. The van der Waals surface area contributed by atoms with Gasteiger partial charge in [0.05, 0.1) is 18.8 Å². The van der Waals surface area contributed by atoms with Crippen LogP contribution in [-0.4, -0.2) is 58.7 Å². The van der Waals surface area contributed by atoms with Crippen molar-refractivity contribution in [3.8, 4) is 0 Å². The van der Waals surface area contributed by atoms with Crippen molar-refractivity contribution in [1.82, 2.24) is 19.9 Å². The maximum Gasteiger partial charge on any atom is 0.409 e. The third kappa shape index (κ3) is 4.59. The zero-order valence-corrected chi connectivity index (χ0v) is 15.2. The van der Waals surface area contributed by atoms with Crippen molar-refractivity contribution in [2.45, 2.75) is 20.4 Å². The predicted molar refractivity (Wildman–Crippen MR) is 99.1 cm³/mol. The largest absolute Gasteiger partial charge is 0.450 e. The van der Waals surface area contributed by atoms with Crippen LogP contribution in [0.15, 0.2) is 30.5 Å². The Morgan fingerprint density at radius 3 is 2.73 bits per heavy atom. The Kier molecular flexibility index (Phi) is 5.83. The fraction of sp³-hybridized carbons (Fsp3) is 0.444. The summed E-state index contributed by atoms with van der Waals surface area (Å²) in [7, 11) is 0. The number of carbonyl (C=O) groups excluding carboxylic acids is 1. The zero-order chi connectivity index (χ0) is 18.4. The molecule has 0 atom stereocenters. The van der Waals surface area contributed by atoms with Crippen LogP contribution in [0.25, 0.3) is 0 Å². The minimum absolute atomic E-state index is 0.255. The molecule has 0 unspecified atom stereocenters. The molecule has 2 aromatic heterocycles. The van der Waals surface area contributed by atoms with E-state index in [0.29, 0.717) is 45.3 Å². The van der Waals surface area contributed by atoms with Gasteiger partial charge < -0.3 is 19.9 Å². The van der Waals surface area contributed by atoms with E-state index in [-0.39, 0.29) is 6.09 Å². The van der Waals surface area contributed by atoms with Gasteiger partial charge in [-0.05, 0) is 26.0 Å². The molecule has 1 saturated heterocycles. The van der Waals surface area contributed by atoms with Gasteiger partial charge in [-0.15, -0.1) is 0 Å². The van der Waals surface area contributed by atoms with Gasteiger partial charge >= 0.3 is 6.09 Å². The summed E-state index contributed by atoms with van der Waals surface area (Å²) in [6.45, 7) is 7.34. The summed E-state index contributed by atoms with van der Waals surface area (Å²) < 4.78 is 5.06. The minimum Gasteiger partial charge on any atom is -0.450 e. The van der Waals surface area contributed by atoms with E-state index in [1.807, 2.05) is 38.1 Å². The van der Waals surface area contributed by atoms with E-state index in [4.69, 9.17) is 4.74 Å². The fourth-order valence-electron chi connectivity index (χ4n) is 2.77. The lowest BCUT2D eigenvalue weighted by atomic mass is 10.3. The van der Waals surface area contributed by atoms with Gasteiger partial charge in [0.15, 0.2) is 0 Å². The van der Waals surface area contributed by atoms with Crippen LogP contribution in [0.2, 0.25) is 0 Å². The highest BCUT2D eigenvalue weighted by Gasteiger charge is 2.23. The molecule has 0 spiro atoms. The van der Waals surface area contributed by atoms with E-state index >= 15 is 0 Å². The summed E-state index contributed by atoms with van der Waals surface area (Å²) >= 11 is 0. The molecule has 0 bridgehead atoms. The van der Waals surface area contributed by atoms with E-state index in [0.717, 1.165) is 17.2 Å². The molecule has 0 radical (unpaired) electrons. The van der Waals surface area contributed by atoms with Crippen LogP contribution in [0.5, 0.6) is 0 Å². The molecule has 138 valence electrons. The number of hydrogen-bond acceptors (Lipinski definition) is 7. The number of aromatic nitrogens is 3. The van der Waals surface area contributed by atoms with Gasteiger partial charge in [-0.3, -0.25) is 4.98 Å². The van der Waals surface area contributed by atoms with E-state index in [1.54, 1.807) is 11.1 Å². The quantitative estimate of drug-likeness (QED) is 0.878. The Labute approximate surface area is 153 Å². The molecule has 3 rings (SSSR count). The van der Waals surface area contributed by atoms with Crippen LogP contribution in [0.1, 0.15) is 18.3 Å². The number of hydrogen-bond donors (Lipinski definition) is 1. The summed E-state index contributed by atoms with van der Waals surface area (Å²) in [5, 5.41) is 3.30. The predicted octanol–water partition coefficient (Wildman–Crippen LogP) is 2.07. The highest BCUT2D eigenvalue weighted by Crippen LogP contribution is 2.16. The number of aryl methyl sites for hydroxylation is 1. The normalized spacial score (nSPS) is 14.2. The highest BCUT2D eigenvalue weighted by atomic mass is 16.6. The minimum atomic E-state index is -0.255. The standard InChI is InChI=1S/C18H24N6O2/c1-3-26-18(25)24-10-8-23(9-11-24)17-21-14(2)12-16(22-17)20-13-15-6-4-5-7-19-15/h4-7,12H,3,8-11,13H2,1-2H3,(H,20,21,22). The molecule has 8 nitrogen and oxygen atoms in total. The number of nitrogens with one attached hydrogen (secondary N) is 1. The molecule has 1 aliphatic heterocycles. The first kappa shape index (κ1) is 17.9. The lowest BCUT2D eigenvalue weighted by Gasteiger charge is -2.34. The van der Waals surface area contributed by atoms with Crippen LogP contribution in [0, 0.1) is 6.92 Å². The molecule has 2 aromatic rings. The molecule has 1 aliphatic rings. The molecule has 0 aliphatic carbocycles. The number of nitrogens with zero attached hydrogens (tertiary/aromatic N) is 5. The first-order valence-electron chi connectivity index (χ1n) is 8.82. The van der Waals surface area contributed by atoms with E-state index < -0.39 is 0 Å². The zero-order valence-electron chi connectivity index (χ0n) is 15.2. The Hall–Kier alpha value is -2.90. The topological polar surface area (TPSA) is 83.5 Å². The SMILES string of the molecule is CCOC(=O)N1CCN(c2nc(C)cc(NCc3ccccn3)n2)CC1. The van der Waals surface area contributed by atoms with Gasteiger partial charge in [-0.1, -0.05) is 6.07 Å². The average molecular weight is 356 g/mol. The van der Waals surface area contributed by atoms with Crippen LogP contribution in [-0.2, 0) is 11.3 Å². The van der Waals surface area contributed by atoms with Gasteiger partial charge in [0.2, 0.25) is 5.95 Å². The third-order valence-electron chi connectivity index (χ3n) is 4.11. The van der Waals surface area contributed by atoms with Gasteiger partial charge in [-0.2, -0.15) is 4.98 Å². The number of rotatable bonds is 5. The summed E-state index contributed by atoms with van der Waals surface area (Å²) in [6.07, 6.45) is 1.52. The van der Waals surface area contributed by atoms with Gasteiger partial charge in [-0.25, -0.2) is 9.78 Å². The van der Waals surface area contributed by atoms with Crippen LogP contribution in [0.4, 0.5) is 16.6 Å². The molecule has 0 aromatic carbocycles. The first-order valence-corrected chi connectivity index (χ1v) is 8.82. The average Bonchev–Trinajstić information content (AvgIpc) is 2.67. The van der Waals surface area contributed by atoms with Crippen LogP contribution < -0.4 is 10.2 Å². The second kappa shape index (κ2) is 8.46. The molecular formula is C18H24N6O2. The number of pyridine rings is 1. The molecular weight excluding hydrogens is 332 g/mol. The van der Waals surface area contributed by atoms with Crippen molar-refractivity contribution < 1.29 is 9.53 Å². The Balaban J connectivity index is 1.62. The number of piperazine rings is 1.